The van der Waals surface area contributed by atoms with Crippen molar-refractivity contribution in [3.05, 3.63) is 23.8 Å². The summed E-state index contributed by atoms with van der Waals surface area (Å²) in [7, 11) is 1.98. The first kappa shape index (κ1) is 16.3. The zero-order chi connectivity index (χ0) is 17.7. The lowest BCUT2D eigenvalue weighted by Crippen LogP contribution is -2.04. The molecule has 0 bridgehead atoms. The lowest BCUT2D eigenvalue weighted by molar-refractivity contribution is 0.776. The molecular formula is C18H17N5S3. The number of nitrogens with zero attached hydrogens (tertiary/aromatic N) is 4. The molecule has 4 aromatic heterocycles. The second-order valence-electron chi connectivity index (χ2n) is 6.19. The van der Waals surface area contributed by atoms with Gasteiger partial charge in [0.05, 0.1) is 16.1 Å². The van der Waals surface area contributed by atoms with Gasteiger partial charge in [-0.15, -0.1) is 34.4 Å². The third kappa shape index (κ3) is 2.47. The van der Waals surface area contributed by atoms with Crippen molar-refractivity contribution in [2.75, 3.05) is 11.1 Å². The zero-order valence-corrected chi connectivity index (χ0v) is 16.9. The van der Waals surface area contributed by atoms with Gasteiger partial charge in [0, 0.05) is 35.1 Å². The van der Waals surface area contributed by atoms with Crippen LogP contribution in [0.5, 0.6) is 0 Å². The second kappa shape index (κ2) is 6.37. The number of thioether (sulfide) groups is 1. The average molecular weight is 400 g/mol. The summed E-state index contributed by atoms with van der Waals surface area (Å²) in [5.41, 5.74) is 4.47. The summed E-state index contributed by atoms with van der Waals surface area (Å²) in [5.74, 6) is 2.18. The summed E-state index contributed by atoms with van der Waals surface area (Å²) < 4.78 is 3.22. The molecule has 8 heteroatoms. The van der Waals surface area contributed by atoms with E-state index in [-0.39, 0.29) is 0 Å². The van der Waals surface area contributed by atoms with Gasteiger partial charge in [0.15, 0.2) is 0 Å². The van der Waals surface area contributed by atoms with Gasteiger partial charge in [-0.2, -0.15) is 5.10 Å². The molecule has 5 rings (SSSR count). The first-order valence-electron chi connectivity index (χ1n) is 8.56. The van der Waals surface area contributed by atoms with Gasteiger partial charge < -0.3 is 5.32 Å². The van der Waals surface area contributed by atoms with Crippen LogP contribution in [0.1, 0.15) is 19.8 Å². The van der Waals surface area contributed by atoms with Gasteiger partial charge in [0.25, 0.3) is 0 Å². The number of unbranched alkanes of at least 4 members (excludes halogenated alkanes) is 1. The van der Waals surface area contributed by atoms with Crippen molar-refractivity contribution in [3.8, 4) is 21.8 Å². The highest BCUT2D eigenvalue weighted by atomic mass is 32.2. The van der Waals surface area contributed by atoms with Crippen molar-refractivity contribution < 1.29 is 0 Å². The molecule has 0 atom stereocenters. The van der Waals surface area contributed by atoms with E-state index < -0.39 is 0 Å². The van der Waals surface area contributed by atoms with Crippen LogP contribution < -0.4 is 5.32 Å². The van der Waals surface area contributed by atoms with Crippen LogP contribution in [0.15, 0.2) is 28.0 Å². The highest BCUT2D eigenvalue weighted by molar-refractivity contribution is 8.01. The van der Waals surface area contributed by atoms with Gasteiger partial charge >= 0.3 is 0 Å². The molecule has 4 aromatic rings. The van der Waals surface area contributed by atoms with Crippen LogP contribution >= 0.6 is 34.4 Å². The molecule has 5 heterocycles. The Morgan fingerprint density at radius 2 is 2.23 bits per heavy atom. The normalized spacial score (nSPS) is 12.4. The number of hydrogen-bond donors (Lipinski definition) is 1. The number of thiophene rings is 1. The van der Waals surface area contributed by atoms with Crippen LogP contribution in [-0.4, -0.2) is 25.5 Å². The van der Waals surface area contributed by atoms with Crippen molar-refractivity contribution in [1.29, 1.82) is 0 Å². The Balaban J connectivity index is 1.74. The van der Waals surface area contributed by atoms with Crippen LogP contribution in [0.2, 0.25) is 0 Å². The van der Waals surface area contributed by atoms with Crippen molar-refractivity contribution in [2.24, 2.45) is 7.05 Å². The quantitative estimate of drug-likeness (QED) is 0.300. The molecule has 0 aromatic carbocycles. The van der Waals surface area contributed by atoms with Crippen LogP contribution in [0.4, 0.5) is 11.5 Å². The van der Waals surface area contributed by atoms with E-state index in [1.54, 1.807) is 22.7 Å². The van der Waals surface area contributed by atoms with Crippen LogP contribution in [0.25, 0.3) is 32.0 Å². The molecular weight excluding hydrogens is 382 g/mol. The molecule has 26 heavy (non-hydrogen) atoms. The fourth-order valence-electron chi connectivity index (χ4n) is 3.18. The number of rotatable bonds is 5. The first-order valence-corrected chi connectivity index (χ1v) is 11.2. The van der Waals surface area contributed by atoms with Crippen molar-refractivity contribution in [1.82, 2.24) is 19.7 Å². The maximum atomic E-state index is 4.94. The van der Waals surface area contributed by atoms with Crippen LogP contribution in [0, 0.1) is 0 Å². The Bertz CT molecular complexity index is 1090. The topological polar surface area (TPSA) is 55.6 Å². The monoisotopic (exact) mass is 399 g/mol. The van der Waals surface area contributed by atoms with E-state index >= 15 is 0 Å². The maximum Gasteiger partial charge on any atom is 0.141 e. The fourth-order valence-corrected chi connectivity index (χ4v) is 6.30. The van der Waals surface area contributed by atoms with Gasteiger partial charge in [-0.1, -0.05) is 13.3 Å². The SMILES string of the molecule is CCCCSc1sc2nc(-c3nccs3)cc3c2c1Nc1c-3cnn1C. The third-order valence-electron chi connectivity index (χ3n) is 4.48. The number of nitrogens with one attached hydrogen (secondary N) is 1. The van der Waals surface area contributed by atoms with Gasteiger partial charge in [0.2, 0.25) is 0 Å². The molecule has 0 saturated carbocycles. The molecule has 132 valence electrons. The summed E-state index contributed by atoms with van der Waals surface area (Å²) in [4.78, 5) is 10.5. The summed E-state index contributed by atoms with van der Waals surface area (Å²) in [5, 5.41) is 12.3. The molecule has 0 fully saturated rings. The van der Waals surface area contributed by atoms with E-state index in [2.05, 4.69) is 28.4 Å². The summed E-state index contributed by atoms with van der Waals surface area (Å²) in [6.07, 6.45) is 6.21. The van der Waals surface area contributed by atoms with E-state index in [0.29, 0.717) is 0 Å². The largest absolute Gasteiger partial charge is 0.338 e. The fraction of sp³-hybridized carbons (Fsp3) is 0.278. The highest BCUT2D eigenvalue weighted by Gasteiger charge is 2.27. The smallest absolute Gasteiger partial charge is 0.141 e. The Morgan fingerprint density at radius 1 is 1.31 bits per heavy atom. The lowest BCUT2D eigenvalue weighted by atomic mass is 10.0. The standard InChI is InChI=1S/C18H17N5S3/c1-3-4-6-25-18-14-13-10(11-9-20-23(2)15(11)22-14)8-12(21-17(13)26-18)16-19-5-7-24-16/h5,7-9,22H,3-4,6H2,1-2H3. The van der Waals surface area contributed by atoms with Gasteiger partial charge in [0.1, 0.15) is 21.3 Å². The number of hydrogen-bond acceptors (Lipinski definition) is 7. The minimum atomic E-state index is 0.942. The highest BCUT2D eigenvalue weighted by Crippen LogP contribution is 2.52. The predicted octanol–water partition coefficient (Wildman–Crippen LogP) is 5.77. The number of fused-ring (bicyclic) bond motifs is 2. The van der Waals surface area contributed by atoms with Gasteiger partial charge in [-0.3, -0.25) is 4.68 Å². The minimum absolute atomic E-state index is 0.942. The van der Waals surface area contributed by atoms with E-state index in [4.69, 9.17) is 4.98 Å². The Morgan fingerprint density at radius 3 is 3.04 bits per heavy atom. The molecule has 0 saturated heterocycles. The molecule has 0 radical (unpaired) electrons. The molecule has 1 aliphatic heterocycles. The third-order valence-corrected chi connectivity index (χ3v) is 7.72. The summed E-state index contributed by atoms with van der Waals surface area (Å²) >= 11 is 5.33. The molecule has 1 aliphatic rings. The Kier molecular flexibility index (Phi) is 3.99. The average Bonchev–Trinajstić information content (AvgIpc) is 3.37. The first-order chi connectivity index (χ1) is 12.8. The zero-order valence-electron chi connectivity index (χ0n) is 14.4. The van der Waals surface area contributed by atoms with Crippen molar-refractivity contribution in [3.63, 3.8) is 0 Å². The van der Waals surface area contributed by atoms with Gasteiger partial charge in [-0.05, 0) is 18.2 Å². The second-order valence-corrected chi connectivity index (χ2v) is 9.45. The molecule has 0 spiro atoms. The predicted molar refractivity (Wildman–Crippen MR) is 112 cm³/mol. The number of anilines is 2. The molecule has 1 N–H and O–H groups in total. The van der Waals surface area contributed by atoms with E-state index in [1.807, 2.05) is 41.3 Å². The minimum Gasteiger partial charge on any atom is -0.338 e. The van der Waals surface area contributed by atoms with Gasteiger partial charge in [-0.25, -0.2) is 9.97 Å². The Hall–Kier alpha value is -1.90. The van der Waals surface area contributed by atoms with E-state index in [9.17, 15) is 0 Å². The van der Waals surface area contributed by atoms with Crippen molar-refractivity contribution in [2.45, 2.75) is 24.0 Å². The number of aryl methyl sites for hydroxylation is 1. The number of thiazole rings is 1. The number of aromatic nitrogens is 4. The van der Waals surface area contributed by atoms with Crippen molar-refractivity contribution >= 4 is 56.2 Å². The summed E-state index contributed by atoms with van der Waals surface area (Å²) in [6, 6.07) is 2.17. The lowest BCUT2D eigenvalue weighted by Gasteiger charge is -2.17. The number of pyridine rings is 1. The summed E-state index contributed by atoms with van der Waals surface area (Å²) in [6.45, 7) is 2.23. The molecule has 0 amide bonds. The molecule has 0 unspecified atom stereocenters. The van der Waals surface area contributed by atoms with Crippen LogP contribution in [-0.2, 0) is 7.05 Å². The molecule has 5 nitrogen and oxygen atoms in total. The van der Waals surface area contributed by atoms with Crippen LogP contribution in [0.3, 0.4) is 0 Å². The van der Waals surface area contributed by atoms with E-state index in [0.717, 1.165) is 32.7 Å². The Labute approximate surface area is 163 Å². The van der Waals surface area contributed by atoms with E-state index in [1.165, 1.54) is 33.7 Å². The maximum absolute atomic E-state index is 4.94. The molecule has 0 aliphatic carbocycles.